The van der Waals surface area contributed by atoms with Crippen molar-refractivity contribution in [1.29, 1.82) is 0 Å². The SMILES string of the molecule is CCCCc1ccc(CC2(Cn3ccnc3)SCCCS2)cc1. The Morgan fingerprint density at radius 1 is 1.13 bits per heavy atom. The van der Waals surface area contributed by atoms with Crippen LogP contribution in [-0.4, -0.2) is 25.1 Å². The normalized spacial score (nSPS) is 17.3. The van der Waals surface area contributed by atoms with Crippen LogP contribution in [0.1, 0.15) is 37.3 Å². The maximum atomic E-state index is 4.21. The molecule has 1 saturated heterocycles. The van der Waals surface area contributed by atoms with E-state index in [0.29, 0.717) is 0 Å². The van der Waals surface area contributed by atoms with Gasteiger partial charge in [-0.05, 0) is 48.3 Å². The summed E-state index contributed by atoms with van der Waals surface area (Å²) in [4.78, 5) is 4.21. The van der Waals surface area contributed by atoms with E-state index in [9.17, 15) is 0 Å². The number of aromatic nitrogens is 2. The number of nitrogens with zero attached hydrogens (tertiary/aromatic N) is 2. The number of unbranched alkanes of at least 4 members (excludes halogenated alkanes) is 1. The molecule has 2 aromatic rings. The highest BCUT2D eigenvalue weighted by Gasteiger charge is 2.34. The molecule has 3 rings (SSSR count). The maximum absolute atomic E-state index is 4.21. The van der Waals surface area contributed by atoms with Crippen LogP contribution < -0.4 is 0 Å². The molecule has 0 amide bonds. The topological polar surface area (TPSA) is 17.8 Å². The van der Waals surface area contributed by atoms with E-state index in [2.05, 4.69) is 70.5 Å². The molecular weight excluding hydrogens is 320 g/mol. The molecular formula is C19H26N2S2. The number of hydrogen-bond donors (Lipinski definition) is 0. The summed E-state index contributed by atoms with van der Waals surface area (Å²) < 4.78 is 2.49. The lowest BCUT2D eigenvalue weighted by Gasteiger charge is -2.36. The third-order valence-electron chi connectivity index (χ3n) is 4.32. The highest BCUT2D eigenvalue weighted by atomic mass is 32.2. The van der Waals surface area contributed by atoms with Crippen molar-refractivity contribution in [1.82, 2.24) is 9.55 Å². The fourth-order valence-corrected chi connectivity index (χ4v) is 6.40. The van der Waals surface area contributed by atoms with Crippen LogP contribution in [0.4, 0.5) is 0 Å². The van der Waals surface area contributed by atoms with Gasteiger partial charge in [0.1, 0.15) is 0 Å². The summed E-state index contributed by atoms with van der Waals surface area (Å²) in [7, 11) is 0. The lowest BCUT2D eigenvalue weighted by atomic mass is 10.0. The second kappa shape index (κ2) is 8.29. The van der Waals surface area contributed by atoms with Gasteiger partial charge in [-0.15, -0.1) is 23.5 Å². The van der Waals surface area contributed by atoms with E-state index in [4.69, 9.17) is 0 Å². The molecule has 4 heteroatoms. The Balaban J connectivity index is 1.70. The van der Waals surface area contributed by atoms with E-state index in [0.717, 1.165) is 13.0 Å². The average Bonchev–Trinajstić information content (AvgIpc) is 3.08. The number of hydrogen-bond acceptors (Lipinski definition) is 3. The third-order valence-corrected chi connectivity index (χ3v) is 7.61. The molecule has 2 heterocycles. The minimum atomic E-state index is 0.254. The van der Waals surface area contributed by atoms with Crippen LogP contribution in [0.2, 0.25) is 0 Å². The Kier molecular flexibility index (Phi) is 6.12. The van der Waals surface area contributed by atoms with Crippen molar-refractivity contribution in [2.75, 3.05) is 11.5 Å². The Labute approximate surface area is 148 Å². The number of imidazole rings is 1. The van der Waals surface area contributed by atoms with Crippen LogP contribution in [-0.2, 0) is 19.4 Å². The average molecular weight is 347 g/mol. The molecule has 23 heavy (non-hydrogen) atoms. The number of rotatable bonds is 7. The van der Waals surface area contributed by atoms with E-state index >= 15 is 0 Å². The highest BCUT2D eigenvalue weighted by Crippen LogP contribution is 2.45. The van der Waals surface area contributed by atoms with Crippen LogP contribution >= 0.6 is 23.5 Å². The zero-order valence-corrected chi connectivity index (χ0v) is 15.5. The standard InChI is InChI=1S/C19H26N2S2/c1-2-3-5-17-6-8-18(9-7-17)14-19(22-12-4-13-23-19)15-21-11-10-20-16-21/h6-11,16H,2-5,12-15H2,1H3. The first-order valence-corrected chi connectivity index (χ1v) is 10.6. The Hall–Kier alpha value is -0.870. The van der Waals surface area contributed by atoms with Crippen molar-refractivity contribution >= 4 is 23.5 Å². The van der Waals surface area contributed by atoms with Gasteiger partial charge in [0.15, 0.2) is 0 Å². The molecule has 1 aliphatic heterocycles. The van der Waals surface area contributed by atoms with Crippen molar-refractivity contribution in [3.05, 3.63) is 54.1 Å². The van der Waals surface area contributed by atoms with Crippen molar-refractivity contribution in [3.8, 4) is 0 Å². The third kappa shape index (κ3) is 4.80. The first kappa shape index (κ1) is 17.0. The maximum Gasteiger partial charge on any atom is 0.0946 e. The first-order chi connectivity index (χ1) is 11.3. The molecule has 0 atom stereocenters. The molecule has 0 aliphatic carbocycles. The predicted molar refractivity (Wildman–Crippen MR) is 103 cm³/mol. The van der Waals surface area contributed by atoms with Gasteiger partial charge in [-0.3, -0.25) is 0 Å². The van der Waals surface area contributed by atoms with Crippen LogP contribution in [0.3, 0.4) is 0 Å². The number of aryl methyl sites for hydroxylation is 1. The van der Waals surface area contributed by atoms with E-state index in [1.807, 2.05) is 12.5 Å². The van der Waals surface area contributed by atoms with Gasteiger partial charge in [0, 0.05) is 18.9 Å². The van der Waals surface area contributed by atoms with Gasteiger partial charge >= 0.3 is 0 Å². The summed E-state index contributed by atoms with van der Waals surface area (Å²) in [5.74, 6) is 2.55. The lowest BCUT2D eigenvalue weighted by Crippen LogP contribution is -2.32. The second-order valence-electron chi connectivity index (χ2n) is 6.29. The molecule has 0 unspecified atom stereocenters. The summed E-state index contributed by atoms with van der Waals surface area (Å²) in [6.45, 7) is 3.30. The molecule has 0 N–H and O–H groups in total. The lowest BCUT2D eigenvalue weighted by molar-refractivity contribution is 0.618. The van der Waals surface area contributed by atoms with Crippen molar-refractivity contribution < 1.29 is 0 Å². The summed E-state index contributed by atoms with van der Waals surface area (Å²) in [6, 6.07) is 9.34. The fraction of sp³-hybridized carbons (Fsp3) is 0.526. The molecule has 124 valence electrons. The van der Waals surface area contributed by atoms with Crippen molar-refractivity contribution in [2.45, 2.75) is 49.7 Å². The molecule has 1 aliphatic rings. The number of benzene rings is 1. The van der Waals surface area contributed by atoms with Gasteiger partial charge in [0.05, 0.1) is 10.4 Å². The van der Waals surface area contributed by atoms with Crippen LogP contribution in [0.25, 0.3) is 0 Å². The number of thioether (sulfide) groups is 2. The van der Waals surface area contributed by atoms with E-state index in [-0.39, 0.29) is 4.08 Å². The van der Waals surface area contributed by atoms with Gasteiger partial charge in [-0.25, -0.2) is 4.98 Å². The van der Waals surface area contributed by atoms with Crippen LogP contribution in [0, 0.1) is 0 Å². The quantitative estimate of drug-likeness (QED) is 0.700. The van der Waals surface area contributed by atoms with Gasteiger partial charge < -0.3 is 4.57 Å². The van der Waals surface area contributed by atoms with Crippen molar-refractivity contribution in [3.63, 3.8) is 0 Å². The Morgan fingerprint density at radius 3 is 2.52 bits per heavy atom. The summed E-state index contributed by atoms with van der Waals surface area (Å²) >= 11 is 4.27. The minimum absolute atomic E-state index is 0.254. The smallest absolute Gasteiger partial charge is 0.0946 e. The molecule has 0 spiro atoms. The van der Waals surface area contributed by atoms with Gasteiger partial charge in [0.25, 0.3) is 0 Å². The molecule has 1 aromatic heterocycles. The first-order valence-electron chi connectivity index (χ1n) is 8.61. The van der Waals surface area contributed by atoms with Crippen molar-refractivity contribution in [2.24, 2.45) is 0 Å². The molecule has 1 fully saturated rings. The molecule has 2 nitrogen and oxygen atoms in total. The summed E-state index contributed by atoms with van der Waals surface area (Å²) in [5, 5.41) is 0. The van der Waals surface area contributed by atoms with Gasteiger partial charge in [0.2, 0.25) is 0 Å². The highest BCUT2D eigenvalue weighted by molar-refractivity contribution is 8.18. The van der Waals surface area contributed by atoms with Gasteiger partial charge in [-0.2, -0.15) is 0 Å². The van der Waals surface area contributed by atoms with Gasteiger partial charge in [-0.1, -0.05) is 37.6 Å². The van der Waals surface area contributed by atoms with Crippen LogP contribution in [0.15, 0.2) is 43.0 Å². The Morgan fingerprint density at radius 2 is 1.87 bits per heavy atom. The molecule has 1 aromatic carbocycles. The molecule has 0 bridgehead atoms. The minimum Gasteiger partial charge on any atom is -0.335 e. The summed E-state index contributed by atoms with van der Waals surface area (Å²) in [6.07, 6.45) is 12.1. The molecule has 0 radical (unpaired) electrons. The predicted octanol–water partition coefficient (Wildman–Crippen LogP) is 5.03. The molecule has 0 saturated carbocycles. The largest absolute Gasteiger partial charge is 0.335 e. The van der Waals surface area contributed by atoms with E-state index < -0.39 is 0 Å². The summed E-state index contributed by atoms with van der Waals surface area (Å²) in [5.41, 5.74) is 2.94. The zero-order valence-electron chi connectivity index (χ0n) is 13.9. The fourth-order valence-electron chi connectivity index (χ4n) is 3.04. The second-order valence-corrected chi connectivity index (χ2v) is 9.51. The zero-order chi connectivity index (χ0) is 16.0. The Bertz CT molecular complexity index is 572. The van der Waals surface area contributed by atoms with E-state index in [1.165, 1.54) is 48.3 Å². The van der Waals surface area contributed by atoms with E-state index in [1.54, 1.807) is 0 Å². The van der Waals surface area contributed by atoms with Crippen LogP contribution in [0.5, 0.6) is 0 Å². The monoisotopic (exact) mass is 346 g/mol.